The fraction of sp³-hybridized carbons (Fsp3) is 0.200. The number of pyridine rings is 1. The van der Waals surface area contributed by atoms with Gasteiger partial charge in [0.1, 0.15) is 0 Å². The first-order valence-corrected chi connectivity index (χ1v) is 12.1. The number of nitrogens with two attached hydrogens (primary N) is 1. The summed E-state index contributed by atoms with van der Waals surface area (Å²) in [6, 6.07) is 14.3. The summed E-state index contributed by atoms with van der Waals surface area (Å²) in [5.41, 5.74) is 9.82. The summed E-state index contributed by atoms with van der Waals surface area (Å²) in [6.45, 7) is 4.20. The van der Waals surface area contributed by atoms with Crippen LogP contribution in [0.3, 0.4) is 0 Å². The Labute approximate surface area is 206 Å². The minimum atomic E-state index is -0.712. The molecule has 1 amide bonds. The molecule has 2 aromatic carbocycles. The molecule has 0 unspecified atom stereocenters. The van der Waals surface area contributed by atoms with Crippen LogP contribution >= 0.6 is 11.8 Å². The zero-order valence-corrected chi connectivity index (χ0v) is 20.2. The van der Waals surface area contributed by atoms with Crippen LogP contribution in [0.1, 0.15) is 40.9 Å². The number of carbonyl (C=O) groups excluding carboxylic acids is 1. The van der Waals surface area contributed by atoms with Gasteiger partial charge in [-0.3, -0.25) is 24.5 Å². The Morgan fingerprint density at radius 2 is 1.80 bits per heavy atom. The second-order valence-corrected chi connectivity index (χ2v) is 8.71. The fourth-order valence-electron chi connectivity index (χ4n) is 3.90. The van der Waals surface area contributed by atoms with Crippen molar-refractivity contribution < 1.29 is 9.72 Å². The van der Waals surface area contributed by atoms with E-state index in [0.29, 0.717) is 16.5 Å². The molecular weight excluding hydrogens is 464 g/mol. The van der Waals surface area contributed by atoms with E-state index in [4.69, 9.17) is 5.73 Å². The zero-order valence-electron chi connectivity index (χ0n) is 19.3. The van der Waals surface area contributed by atoms with E-state index in [2.05, 4.69) is 41.2 Å². The lowest BCUT2D eigenvalue weighted by Crippen LogP contribution is -2.11. The van der Waals surface area contributed by atoms with Gasteiger partial charge in [-0.25, -0.2) is 0 Å². The maximum absolute atomic E-state index is 11.7. The molecule has 0 spiro atoms. The van der Waals surface area contributed by atoms with E-state index in [1.54, 1.807) is 18.5 Å². The van der Waals surface area contributed by atoms with Gasteiger partial charge in [0.15, 0.2) is 11.0 Å². The van der Waals surface area contributed by atoms with Gasteiger partial charge in [-0.05, 0) is 42.2 Å². The number of carbonyl (C=O) groups is 1. The van der Waals surface area contributed by atoms with Crippen LogP contribution in [0.4, 0.5) is 5.69 Å². The molecule has 0 bridgehead atoms. The number of amides is 1. The predicted molar refractivity (Wildman–Crippen MR) is 135 cm³/mol. The lowest BCUT2D eigenvalue weighted by atomic mass is 10.0. The normalized spacial score (nSPS) is 10.9. The average molecular weight is 489 g/mol. The number of nitro groups is 1. The molecule has 2 N–H and O–H groups in total. The van der Waals surface area contributed by atoms with Crippen molar-refractivity contribution in [2.45, 2.75) is 37.6 Å². The summed E-state index contributed by atoms with van der Waals surface area (Å²) >= 11 is 1.34. The zero-order chi connectivity index (χ0) is 24.9. The monoisotopic (exact) mass is 488 g/mol. The second kappa shape index (κ2) is 10.5. The SMILES string of the molecule is CCc1cccc(CC)c1-n1c(SCc2ccc(C(N)=O)cc2[N+](=O)[O-])nnc1-c1cccnc1. The van der Waals surface area contributed by atoms with Crippen LogP contribution in [0.15, 0.2) is 66.1 Å². The summed E-state index contributed by atoms with van der Waals surface area (Å²) in [5, 5.41) is 21.2. The molecule has 178 valence electrons. The minimum Gasteiger partial charge on any atom is -0.366 e. The Bertz CT molecular complexity index is 1370. The number of hydrogen-bond acceptors (Lipinski definition) is 7. The van der Waals surface area contributed by atoms with E-state index >= 15 is 0 Å². The van der Waals surface area contributed by atoms with Crippen LogP contribution in [0, 0.1) is 10.1 Å². The van der Waals surface area contributed by atoms with Crippen molar-refractivity contribution in [1.29, 1.82) is 0 Å². The predicted octanol–water partition coefficient (Wildman–Crippen LogP) is 4.75. The number of para-hydroxylation sites is 1. The van der Waals surface area contributed by atoms with Crippen molar-refractivity contribution >= 4 is 23.4 Å². The summed E-state index contributed by atoms with van der Waals surface area (Å²) in [6.07, 6.45) is 5.07. The van der Waals surface area contributed by atoms with E-state index in [1.165, 1.54) is 23.9 Å². The highest BCUT2D eigenvalue weighted by atomic mass is 32.2. The second-order valence-electron chi connectivity index (χ2n) is 7.77. The van der Waals surface area contributed by atoms with Crippen LogP contribution in [0.2, 0.25) is 0 Å². The van der Waals surface area contributed by atoms with Gasteiger partial charge in [0, 0.05) is 40.9 Å². The van der Waals surface area contributed by atoms with E-state index in [0.717, 1.165) is 35.2 Å². The van der Waals surface area contributed by atoms with Crippen LogP contribution in [0.5, 0.6) is 0 Å². The Kier molecular flexibility index (Phi) is 7.21. The smallest absolute Gasteiger partial charge is 0.274 e. The van der Waals surface area contributed by atoms with Crippen molar-refractivity contribution in [2.75, 3.05) is 0 Å². The Morgan fingerprint density at radius 1 is 1.06 bits per heavy atom. The highest BCUT2D eigenvalue weighted by Gasteiger charge is 2.22. The standard InChI is InChI=1S/C25H24N6O3S/c1-3-16-7-5-8-17(4-2)22(16)30-24(19-9-6-12-27-14-19)28-29-25(30)35-15-20-11-10-18(23(26)32)13-21(20)31(33)34/h5-14H,3-4,15H2,1-2H3,(H2,26,32). The highest BCUT2D eigenvalue weighted by Crippen LogP contribution is 2.34. The summed E-state index contributed by atoms with van der Waals surface area (Å²) in [5.74, 6) is 0.196. The fourth-order valence-corrected chi connectivity index (χ4v) is 4.83. The molecular formula is C25H24N6O3S. The molecule has 0 aliphatic heterocycles. The number of rotatable bonds is 9. The van der Waals surface area contributed by atoms with Gasteiger partial charge in [-0.1, -0.05) is 49.9 Å². The molecule has 4 aromatic rings. The highest BCUT2D eigenvalue weighted by molar-refractivity contribution is 7.98. The van der Waals surface area contributed by atoms with Gasteiger partial charge in [-0.15, -0.1) is 10.2 Å². The molecule has 4 rings (SSSR count). The van der Waals surface area contributed by atoms with Crippen molar-refractivity contribution in [2.24, 2.45) is 5.73 Å². The van der Waals surface area contributed by atoms with Crippen molar-refractivity contribution in [3.8, 4) is 17.1 Å². The summed E-state index contributed by atoms with van der Waals surface area (Å²) in [7, 11) is 0. The van der Waals surface area contributed by atoms with Gasteiger partial charge < -0.3 is 5.73 Å². The Morgan fingerprint density at radius 3 is 2.40 bits per heavy atom. The maximum Gasteiger partial charge on any atom is 0.274 e. The van der Waals surface area contributed by atoms with E-state index in [1.807, 2.05) is 22.8 Å². The first kappa shape index (κ1) is 24.1. The van der Waals surface area contributed by atoms with Gasteiger partial charge in [0.25, 0.3) is 5.69 Å². The van der Waals surface area contributed by atoms with Crippen molar-refractivity contribution in [3.05, 3.63) is 93.3 Å². The van der Waals surface area contributed by atoms with Gasteiger partial charge in [0.2, 0.25) is 5.91 Å². The molecule has 0 aliphatic rings. The number of thioether (sulfide) groups is 1. The van der Waals surface area contributed by atoms with Crippen LogP contribution in [-0.4, -0.2) is 30.6 Å². The third kappa shape index (κ3) is 4.92. The third-order valence-corrected chi connectivity index (χ3v) is 6.64. The van der Waals surface area contributed by atoms with Crippen molar-refractivity contribution in [3.63, 3.8) is 0 Å². The van der Waals surface area contributed by atoms with Crippen molar-refractivity contribution in [1.82, 2.24) is 19.7 Å². The molecule has 0 aliphatic carbocycles. The topological polar surface area (TPSA) is 130 Å². The van der Waals surface area contributed by atoms with Gasteiger partial charge in [0.05, 0.1) is 10.6 Å². The third-order valence-electron chi connectivity index (χ3n) is 5.66. The number of nitro benzene ring substituents is 1. The molecule has 0 saturated heterocycles. The molecule has 2 heterocycles. The van der Waals surface area contributed by atoms with E-state index in [9.17, 15) is 14.9 Å². The lowest BCUT2D eigenvalue weighted by Gasteiger charge is -2.18. The number of nitrogens with zero attached hydrogens (tertiary/aromatic N) is 5. The van der Waals surface area contributed by atoms with Crippen LogP contribution in [0.25, 0.3) is 17.1 Å². The quantitative estimate of drug-likeness (QED) is 0.204. The van der Waals surface area contributed by atoms with Crippen LogP contribution in [-0.2, 0) is 18.6 Å². The Balaban J connectivity index is 1.82. The number of aromatic nitrogens is 4. The molecule has 0 radical (unpaired) electrons. The number of aryl methyl sites for hydroxylation is 2. The Hall–Kier alpha value is -4.05. The average Bonchev–Trinajstić information content (AvgIpc) is 3.30. The van der Waals surface area contributed by atoms with Crippen LogP contribution < -0.4 is 5.73 Å². The molecule has 0 fully saturated rings. The van der Waals surface area contributed by atoms with E-state index in [-0.39, 0.29) is 17.0 Å². The van der Waals surface area contributed by atoms with Gasteiger partial charge >= 0.3 is 0 Å². The molecule has 35 heavy (non-hydrogen) atoms. The molecule has 0 saturated carbocycles. The molecule has 2 aromatic heterocycles. The largest absolute Gasteiger partial charge is 0.366 e. The molecule has 10 heteroatoms. The minimum absolute atomic E-state index is 0.0944. The summed E-state index contributed by atoms with van der Waals surface area (Å²) < 4.78 is 2.02. The van der Waals surface area contributed by atoms with E-state index < -0.39 is 10.8 Å². The van der Waals surface area contributed by atoms with Gasteiger partial charge in [-0.2, -0.15) is 0 Å². The number of benzene rings is 2. The molecule has 9 nitrogen and oxygen atoms in total. The molecule has 0 atom stereocenters. The first-order valence-electron chi connectivity index (χ1n) is 11.1. The first-order chi connectivity index (χ1) is 16.9. The number of primary amides is 1. The number of hydrogen-bond donors (Lipinski definition) is 1. The lowest BCUT2D eigenvalue weighted by molar-refractivity contribution is -0.385. The summed E-state index contributed by atoms with van der Waals surface area (Å²) in [4.78, 5) is 26.9. The maximum atomic E-state index is 11.7.